The second kappa shape index (κ2) is 17.0. The normalized spacial score (nSPS) is 17.2. The van der Waals surface area contributed by atoms with E-state index < -0.39 is 23.5 Å². The Bertz CT molecular complexity index is 2150. The first-order chi connectivity index (χ1) is 25.8. The first-order valence-corrected chi connectivity index (χ1v) is 17.7. The molecule has 7 heterocycles. The van der Waals surface area contributed by atoms with Gasteiger partial charge in [-0.05, 0) is 63.3 Å². The van der Waals surface area contributed by atoms with Gasteiger partial charge in [0.1, 0.15) is 12.5 Å². The third-order valence-corrected chi connectivity index (χ3v) is 9.45. The predicted molar refractivity (Wildman–Crippen MR) is 194 cm³/mol. The lowest BCUT2D eigenvalue weighted by atomic mass is 10.1. The molecule has 0 amide bonds. The second-order valence-corrected chi connectivity index (χ2v) is 13.5. The van der Waals surface area contributed by atoms with E-state index in [4.69, 9.17) is 25.4 Å². The Morgan fingerprint density at radius 3 is 1.63 bits per heavy atom. The van der Waals surface area contributed by atoms with Crippen molar-refractivity contribution in [3.63, 3.8) is 0 Å². The van der Waals surface area contributed by atoms with Crippen molar-refractivity contribution in [3.05, 3.63) is 65.2 Å². The molecular weight excluding hydrogens is 742 g/mol. The highest BCUT2D eigenvalue weighted by molar-refractivity contribution is 6.35. The van der Waals surface area contributed by atoms with Crippen LogP contribution in [0.2, 0.25) is 5.15 Å². The zero-order valence-electron chi connectivity index (χ0n) is 29.6. The Kier molecular flexibility index (Phi) is 12.4. The zero-order chi connectivity index (χ0) is 38.5. The van der Waals surface area contributed by atoms with E-state index in [0.29, 0.717) is 43.9 Å². The van der Waals surface area contributed by atoms with Crippen molar-refractivity contribution in [3.8, 4) is 0 Å². The van der Waals surface area contributed by atoms with Gasteiger partial charge in [0.25, 0.3) is 0 Å². The fourth-order valence-electron chi connectivity index (χ4n) is 6.07. The van der Waals surface area contributed by atoms with Gasteiger partial charge in [-0.1, -0.05) is 21.9 Å². The fraction of sp³-hybridized carbons (Fsp3) is 0.444. The molecule has 11 nitrogen and oxygen atoms in total. The number of hydrogen-bond donors (Lipinski definition) is 1. The minimum absolute atomic E-state index is 0.103. The highest BCUT2D eigenvalue weighted by Gasteiger charge is 2.32. The van der Waals surface area contributed by atoms with Crippen LogP contribution in [0, 0.1) is 0 Å². The standard InChI is InChI=1S/C16H15F3N4O.C11H4ClF3N2O.C5H12N2.C4H8O/c1-22-4-6-23(7-5-22)15-14-12(9-24-21-14)11-8-10(16(17,18)19)2-3-13(11)20-15;12-10-9-7(4-18-17-9)6-3-5(11(13,14)15)1-2-8(6)16-10;1-7-4-2-6-3-5-7;1-2-4-5-3-1/h2-3,8-9H,4-7H2,1H3;1-4H;6H,2-5H2,1H3;1-4H2. The molecular formula is C36H39ClF6N8O3. The first kappa shape index (κ1) is 39.4. The number of fused-ring (bicyclic) bond motifs is 6. The summed E-state index contributed by atoms with van der Waals surface area (Å²) in [7, 11) is 4.20. The summed E-state index contributed by atoms with van der Waals surface area (Å²) >= 11 is 5.85. The maximum Gasteiger partial charge on any atom is 0.416 e. The van der Waals surface area contributed by atoms with Crippen LogP contribution in [0.25, 0.3) is 43.6 Å². The van der Waals surface area contributed by atoms with Gasteiger partial charge in [-0.25, -0.2) is 9.97 Å². The van der Waals surface area contributed by atoms with Crippen LogP contribution >= 0.6 is 11.6 Å². The molecule has 2 aromatic carbocycles. The molecule has 4 aromatic heterocycles. The average Bonchev–Trinajstić information content (AvgIpc) is 3.96. The summed E-state index contributed by atoms with van der Waals surface area (Å²) in [5, 5.41) is 12.6. The molecule has 3 fully saturated rings. The topological polar surface area (TPSA) is 109 Å². The average molecular weight is 781 g/mol. The van der Waals surface area contributed by atoms with E-state index in [0.717, 1.165) is 76.7 Å². The molecule has 54 heavy (non-hydrogen) atoms. The van der Waals surface area contributed by atoms with Crippen LogP contribution in [0.4, 0.5) is 32.2 Å². The molecule has 1 N–H and O–H groups in total. The van der Waals surface area contributed by atoms with Gasteiger partial charge in [0.05, 0.1) is 32.9 Å². The molecule has 3 aliphatic heterocycles. The number of hydrogen-bond acceptors (Lipinski definition) is 11. The third kappa shape index (κ3) is 9.49. The van der Waals surface area contributed by atoms with E-state index in [1.165, 1.54) is 50.6 Å². The number of nitrogens with one attached hydrogen (secondary N) is 1. The summed E-state index contributed by atoms with van der Waals surface area (Å²) < 4.78 is 91.5. The minimum atomic E-state index is -4.41. The fourth-order valence-corrected chi connectivity index (χ4v) is 6.30. The molecule has 18 heteroatoms. The lowest BCUT2D eigenvalue weighted by Crippen LogP contribution is -2.44. The molecule has 0 bridgehead atoms. The molecule has 0 aliphatic carbocycles. The van der Waals surface area contributed by atoms with Gasteiger partial charge in [-0.3, -0.25) is 0 Å². The molecule has 9 rings (SSSR count). The van der Waals surface area contributed by atoms with Crippen molar-refractivity contribution in [2.75, 3.05) is 84.6 Å². The Morgan fingerprint density at radius 2 is 1.15 bits per heavy atom. The lowest BCUT2D eigenvalue weighted by Gasteiger charge is -2.33. The molecule has 0 radical (unpaired) electrons. The van der Waals surface area contributed by atoms with E-state index in [1.807, 2.05) is 0 Å². The van der Waals surface area contributed by atoms with Crippen molar-refractivity contribution in [1.29, 1.82) is 0 Å². The summed E-state index contributed by atoms with van der Waals surface area (Å²) in [5.41, 5.74) is 0.180. The van der Waals surface area contributed by atoms with Crippen LogP contribution in [0.15, 0.2) is 58.0 Å². The van der Waals surface area contributed by atoms with Crippen LogP contribution in [0.3, 0.4) is 0 Å². The number of rotatable bonds is 1. The summed E-state index contributed by atoms with van der Waals surface area (Å²) in [6.45, 7) is 10.1. The number of anilines is 1. The van der Waals surface area contributed by atoms with Crippen LogP contribution in [0.5, 0.6) is 0 Å². The summed E-state index contributed by atoms with van der Waals surface area (Å²) in [5.74, 6) is 0.666. The van der Waals surface area contributed by atoms with Gasteiger partial charge in [0.2, 0.25) is 0 Å². The number of pyridine rings is 2. The molecule has 0 atom stereocenters. The molecule has 290 valence electrons. The van der Waals surface area contributed by atoms with Gasteiger partial charge in [-0.2, -0.15) is 26.3 Å². The SMILES string of the molecule is C1CCOC1.CN1CCN(c2nc3ccc(C(F)(F)F)cc3c3conc23)CC1.CN1CCNCC1.FC(F)(F)c1ccc2nc(Cl)c3nocc3c2c1. The van der Waals surface area contributed by atoms with Gasteiger partial charge in [0, 0.05) is 76.3 Å². The van der Waals surface area contributed by atoms with Gasteiger partial charge in [-0.15, -0.1) is 0 Å². The Balaban J connectivity index is 0.000000144. The summed E-state index contributed by atoms with van der Waals surface area (Å²) in [6, 6.07) is 6.82. The van der Waals surface area contributed by atoms with Crippen molar-refractivity contribution in [2.24, 2.45) is 0 Å². The van der Waals surface area contributed by atoms with E-state index in [9.17, 15) is 26.3 Å². The maximum atomic E-state index is 13.0. The number of nitrogens with zero attached hydrogens (tertiary/aromatic N) is 7. The van der Waals surface area contributed by atoms with Crippen LogP contribution in [0.1, 0.15) is 24.0 Å². The number of aromatic nitrogens is 4. The first-order valence-electron chi connectivity index (χ1n) is 17.4. The summed E-state index contributed by atoms with van der Waals surface area (Å²) in [4.78, 5) is 15.2. The zero-order valence-corrected chi connectivity index (χ0v) is 30.4. The molecule has 3 saturated heterocycles. The van der Waals surface area contributed by atoms with Crippen molar-refractivity contribution >= 4 is 61.0 Å². The molecule has 3 aliphatic rings. The smallest absolute Gasteiger partial charge is 0.381 e. The lowest BCUT2D eigenvalue weighted by molar-refractivity contribution is -0.138. The van der Waals surface area contributed by atoms with E-state index >= 15 is 0 Å². The monoisotopic (exact) mass is 780 g/mol. The molecule has 0 saturated carbocycles. The predicted octanol–water partition coefficient (Wildman–Crippen LogP) is 7.51. The molecule has 0 spiro atoms. The second-order valence-electron chi connectivity index (χ2n) is 13.1. The number of alkyl halides is 6. The van der Waals surface area contributed by atoms with Crippen molar-refractivity contribution in [2.45, 2.75) is 25.2 Å². The highest BCUT2D eigenvalue weighted by atomic mass is 35.5. The number of halogens is 7. The van der Waals surface area contributed by atoms with Gasteiger partial charge >= 0.3 is 12.4 Å². The Labute approximate surface area is 311 Å². The van der Waals surface area contributed by atoms with Crippen LogP contribution < -0.4 is 10.2 Å². The van der Waals surface area contributed by atoms with E-state index in [1.54, 1.807) is 0 Å². The quantitative estimate of drug-likeness (QED) is 0.132. The molecule has 0 unspecified atom stereocenters. The van der Waals surface area contributed by atoms with Crippen molar-refractivity contribution in [1.82, 2.24) is 35.4 Å². The Morgan fingerprint density at radius 1 is 0.648 bits per heavy atom. The molecule has 6 aromatic rings. The number of benzene rings is 2. The third-order valence-electron chi connectivity index (χ3n) is 9.19. The van der Waals surface area contributed by atoms with E-state index in [2.05, 4.69) is 54.4 Å². The number of piperazine rings is 2. The minimum Gasteiger partial charge on any atom is -0.381 e. The largest absolute Gasteiger partial charge is 0.416 e. The van der Waals surface area contributed by atoms with Gasteiger partial charge < -0.3 is 33.8 Å². The van der Waals surface area contributed by atoms with Crippen LogP contribution in [-0.4, -0.2) is 110 Å². The maximum absolute atomic E-state index is 13.0. The van der Waals surface area contributed by atoms with Crippen molar-refractivity contribution < 1.29 is 40.1 Å². The summed E-state index contributed by atoms with van der Waals surface area (Å²) in [6.07, 6.45) is -3.60. The number of ether oxygens (including phenoxy) is 1. The Hall–Kier alpha value is -4.29. The van der Waals surface area contributed by atoms with E-state index in [-0.39, 0.29) is 10.7 Å². The highest BCUT2D eigenvalue weighted by Crippen LogP contribution is 2.37. The van der Waals surface area contributed by atoms with Gasteiger partial charge in [0.15, 0.2) is 22.0 Å². The number of likely N-dealkylation sites (N-methyl/N-ethyl adjacent to an activating group) is 2. The van der Waals surface area contributed by atoms with Crippen LogP contribution in [-0.2, 0) is 17.1 Å².